The lowest BCUT2D eigenvalue weighted by molar-refractivity contribution is -0.392. The van der Waals surface area contributed by atoms with Gasteiger partial charge in [-0.25, -0.2) is 14.4 Å². The van der Waals surface area contributed by atoms with Gasteiger partial charge in [0.25, 0.3) is 0 Å². The standard InChI is InChI=1S/C6H9N3O4/c1-5-7-4-6(9(10)11)8(5)2-3-13-12/h4,12H,2-3H2,1H3. The van der Waals surface area contributed by atoms with Crippen LogP contribution in [0.15, 0.2) is 6.20 Å². The van der Waals surface area contributed by atoms with Crippen molar-refractivity contribution in [3.8, 4) is 0 Å². The van der Waals surface area contributed by atoms with Gasteiger partial charge in [0.1, 0.15) is 19.3 Å². The van der Waals surface area contributed by atoms with E-state index in [0.717, 1.165) is 0 Å². The van der Waals surface area contributed by atoms with Gasteiger partial charge in [-0.3, -0.25) is 5.26 Å². The lowest BCUT2D eigenvalue weighted by Gasteiger charge is -2.00. The molecule has 0 bridgehead atoms. The third kappa shape index (κ3) is 2.01. The monoisotopic (exact) mass is 187 g/mol. The van der Waals surface area contributed by atoms with Gasteiger partial charge in [0.15, 0.2) is 5.82 Å². The first-order valence-electron chi connectivity index (χ1n) is 3.59. The Morgan fingerprint density at radius 3 is 3.08 bits per heavy atom. The molecule has 0 unspecified atom stereocenters. The zero-order valence-electron chi connectivity index (χ0n) is 7.01. The molecule has 0 atom stereocenters. The van der Waals surface area contributed by atoms with Crippen LogP contribution in [0.25, 0.3) is 0 Å². The summed E-state index contributed by atoms with van der Waals surface area (Å²) in [6, 6.07) is 0. The topological polar surface area (TPSA) is 90.4 Å². The first kappa shape index (κ1) is 9.62. The van der Waals surface area contributed by atoms with E-state index in [0.29, 0.717) is 5.82 Å². The molecule has 0 amide bonds. The summed E-state index contributed by atoms with van der Waals surface area (Å²) < 4.78 is 1.36. The quantitative estimate of drug-likeness (QED) is 0.423. The molecule has 0 aliphatic rings. The number of nitro groups is 1. The molecule has 1 N–H and O–H groups in total. The highest BCUT2D eigenvalue weighted by Crippen LogP contribution is 2.12. The second-order valence-corrected chi connectivity index (χ2v) is 2.41. The Kier molecular flexibility index (Phi) is 2.93. The van der Waals surface area contributed by atoms with E-state index in [2.05, 4.69) is 9.87 Å². The van der Waals surface area contributed by atoms with Gasteiger partial charge < -0.3 is 10.1 Å². The van der Waals surface area contributed by atoms with Gasteiger partial charge in [0, 0.05) is 6.92 Å². The van der Waals surface area contributed by atoms with E-state index in [1.54, 1.807) is 6.92 Å². The van der Waals surface area contributed by atoms with Crippen LogP contribution in [0.3, 0.4) is 0 Å². The zero-order chi connectivity index (χ0) is 9.84. The molecule has 13 heavy (non-hydrogen) atoms. The Morgan fingerprint density at radius 1 is 1.85 bits per heavy atom. The molecule has 7 heteroatoms. The molecule has 0 saturated heterocycles. The fraction of sp³-hybridized carbons (Fsp3) is 0.500. The molecule has 7 nitrogen and oxygen atoms in total. The molecule has 0 saturated carbocycles. The molecular formula is C6H9N3O4. The van der Waals surface area contributed by atoms with Crippen molar-refractivity contribution >= 4 is 5.82 Å². The van der Waals surface area contributed by atoms with E-state index in [1.807, 2.05) is 0 Å². The van der Waals surface area contributed by atoms with Crippen molar-refractivity contribution < 1.29 is 15.1 Å². The summed E-state index contributed by atoms with van der Waals surface area (Å²) in [5.74, 6) is 0.415. The maximum Gasteiger partial charge on any atom is 0.342 e. The van der Waals surface area contributed by atoms with Crippen LogP contribution in [0.1, 0.15) is 5.82 Å². The zero-order valence-corrected chi connectivity index (χ0v) is 7.01. The molecular weight excluding hydrogens is 178 g/mol. The molecule has 0 fully saturated rings. The second-order valence-electron chi connectivity index (χ2n) is 2.41. The lowest BCUT2D eigenvalue weighted by Crippen LogP contribution is -2.09. The minimum absolute atomic E-state index is 0.00194. The van der Waals surface area contributed by atoms with E-state index in [1.165, 1.54) is 10.8 Å². The van der Waals surface area contributed by atoms with E-state index >= 15 is 0 Å². The fourth-order valence-electron chi connectivity index (χ4n) is 1.01. The Morgan fingerprint density at radius 2 is 2.54 bits per heavy atom. The van der Waals surface area contributed by atoms with Crippen molar-refractivity contribution in [2.75, 3.05) is 6.61 Å². The summed E-state index contributed by atoms with van der Waals surface area (Å²) in [5.41, 5.74) is 0. The first-order chi connectivity index (χ1) is 6.16. The number of nitrogens with zero attached hydrogens (tertiary/aromatic N) is 3. The summed E-state index contributed by atoms with van der Waals surface area (Å²) >= 11 is 0. The SMILES string of the molecule is Cc1ncc([N+](=O)[O-])n1CCOO. The van der Waals surface area contributed by atoms with Crippen LogP contribution in [0.5, 0.6) is 0 Å². The van der Waals surface area contributed by atoms with Crippen molar-refractivity contribution in [3.05, 3.63) is 22.1 Å². The summed E-state index contributed by atoms with van der Waals surface area (Å²) in [5, 5.41) is 18.5. The largest absolute Gasteiger partial charge is 0.358 e. The molecule has 0 spiro atoms. The van der Waals surface area contributed by atoms with Crippen molar-refractivity contribution in [2.24, 2.45) is 0 Å². The normalized spacial score (nSPS) is 10.3. The maximum absolute atomic E-state index is 10.4. The molecule has 72 valence electrons. The highest BCUT2D eigenvalue weighted by Gasteiger charge is 2.16. The van der Waals surface area contributed by atoms with Gasteiger partial charge in [-0.1, -0.05) is 0 Å². The minimum atomic E-state index is -0.530. The van der Waals surface area contributed by atoms with Gasteiger partial charge in [0.2, 0.25) is 0 Å². The third-order valence-corrected chi connectivity index (χ3v) is 1.63. The predicted octanol–water partition coefficient (Wildman–Crippen LogP) is 0.589. The van der Waals surface area contributed by atoms with Crippen LogP contribution < -0.4 is 0 Å². The summed E-state index contributed by atoms with van der Waals surface area (Å²) in [6.07, 6.45) is 1.17. The van der Waals surface area contributed by atoms with Gasteiger partial charge in [-0.15, -0.1) is 0 Å². The number of rotatable bonds is 4. The predicted molar refractivity (Wildman–Crippen MR) is 42.2 cm³/mol. The van der Waals surface area contributed by atoms with Gasteiger partial charge >= 0.3 is 5.82 Å². The molecule has 1 aromatic rings. The number of hydrogen-bond acceptors (Lipinski definition) is 5. The summed E-state index contributed by atoms with van der Waals surface area (Å²) in [7, 11) is 0. The third-order valence-electron chi connectivity index (χ3n) is 1.63. The molecule has 1 aromatic heterocycles. The number of aromatic nitrogens is 2. The Bertz CT molecular complexity index is 309. The smallest absolute Gasteiger partial charge is 0.342 e. The van der Waals surface area contributed by atoms with Crippen LogP contribution >= 0.6 is 0 Å². The molecule has 0 aliphatic heterocycles. The molecule has 1 rings (SSSR count). The van der Waals surface area contributed by atoms with Crippen LogP contribution in [-0.4, -0.2) is 26.3 Å². The van der Waals surface area contributed by atoms with Crippen LogP contribution in [0.4, 0.5) is 5.82 Å². The Labute approximate surface area is 73.7 Å². The number of aryl methyl sites for hydroxylation is 1. The van der Waals surface area contributed by atoms with E-state index < -0.39 is 4.92 Å². The van der Waals surface area contributed by atoms with E-state index in [-0.39, 0.29) is 19.0 Å². The highest BCUT2D eigenvalue weighted by atomic mass is 17.1. The van der Waals surface area contributed by atoms with E-state index in [9.17, 15) is 10.1 Å². The Hall–Kier alpha value is -1.47. The van der Waals surface area contributed by atoms with Crippen LogP contribution in [-0.2, 0) is 11.4 Å². The fourth-order valence-corrected chi connectivity index (χ4v) is 1.01. The Balaban J connectivity index is 2.88. The van der Waals surface area contributed by atoms with Crippen molar-refractivity contribution in [1.29, 1.82) is 0 Å². The van der Waals surface area contributed by atoms with Gasteiger partial charge in [-0.05, 0) is 4.92 Å². The van der Waals surface area contributed by atoms with Crippen molar-refractivity contribution in [2.45, 2.75) is 13.5 Å². The van der Waals surface area contributed by atoms with Crippen molar-refractivity contribution in [3.63, 3.8) is 0 Å². The van der Waals surface area contributed by atoms with Crippen LogP contribution in [0, 0.1) is 17.0 Å². The second kappa shape index (κ2) is 3.97. The molecule has 1 heterocycles. The summed E-state index contributed by atoms with van der Waals surface area (Å²) in [4.78, 5) is 17.5. The van der Waals surface area contributed by atoms with Crippen molar-refractivity contribution in [1.82, 2.24) is 9.55 Å². The summed E-state index contributed by atoms with van der Waals surface area (Å²) in [6.45, 7) is 1.85. The first-order valence-corrected chi connectivity index (χ1v) is 3.59. The maximum atomic E-state index is 10.4. The lowest BCUT2D eigenvalue weighted by atomic mass is 10.6. The highest BCUT2D eigenvalue weighted by molar-refractivity contribution is 5.18. The van der Waals surface area contributed by atoms with Gasteiger partial charge in [-0.2, -0.15) is 0 Å². The molecule has 0 aromatic carbocycles. The molecule has 0 aliphatic carbocycles. The average Bonchev–Trinajstić information content (AvgIpc) is 2.43. The van der Waals surface area contributed by atoms with E-state index in [4.69, 9.17) is 5.26 Å². The van der Waals surface area contributed by atoms with Crippen LogP contribution in [0.2, 0.25) is 0 Å². The molecule has 0 radical (unpaired) electrons. The average molecular weight is 187 g/mol. The number of hydrogen-bond donors (Lipinski definition) is 1. The van der Waals surface area contributed by atoms with Gasteiger partial charge in [0.05, 0.1) is 0 Å². The number of imidazole rings is 1. The minimum Gasteiger partial charge on any atom is -0.358 e.